The summed E-state index contributed by atoms with van der Waals surface area (Å²) in [6.45, 7) is 0. The lowest BCUT2D eigenvalue weighted by molar-refractivity contribution is -0.391. The Morgan fingerprint density at radius 2 is 1.43 bits per heavy atom. The summed E-state index contributed by atoms with van der Waals surface area (Å²) in [5, 5.41) is 0. The number of ether oxygens (including phenoxy) is 3. The highest BCUT2D eigenvalue weighted by Gasteiger charge is 2.65. The average molecular weight is 398 g/mol. The van der Waals surface area contributed by atoms with E-state index in [9.17, 15) is 27.2 Å². The minimum atomic E-state index is -4.87. The topological polar surface area (TPSA) is 61.8 Å². The van der Waals surface area contributed by atoms with Crippen LogP contribution in [0.4, 0.5) is 17.6 Å². The van der Waals surface area contributed by atoms with E-state index >= 15 is 0 Å². The first kappa shape index (κ1) is 19.7. The number of ketones is 2. The third-order valence-electron chi connectivity index (χ3n) is 4.05. The van der Waals surface area contributed by atoms with Crippen molar-refractivity contribution in [2.75, 3.05) is 7.11 Å². The Bertz CT molecular complexity index is 926. The second-order valence-corrected chi connectivity index (χ2v) is 5.98. The number of carbonyl (C=O) groups is 2. The third-order valence-corrected chi connectivity index (χ3v) is 4.05. The molecule has 0 N–H and O–H groups in total. The predicted octanol–water partition coefficient (Wildman–Crippen LogP) is 4.50. The van der Waals surface area contributed by atoms with Crippen LogP contribution in [0.25, 0.3) is 0 Å². The van der Waals surface area contributed by atoms with Gasteiger partial charge in [-0.15, -0.1) is 0 Å². The molecule has 1 aliphatic rings. The molecule has 9 heteroatoms. The molecular formula is C19H14F4O5. The molecule has 5 nitrogen and oxygen atoms in total. The maximum Gasteiger partial charge on any atom is 0.507 e. The van der Waals surface area contributed by atoms with E-state index in [1.54, 1.807) is 18.2 Å². The number of benzene rings is 2. The highest BCUT2D eigenvalue weighted by Crippen LogP contribution is 2.47. The molecule has 0 bridgehead atoms. The van der Waals surface area contributed by atoms with Gasteiger partial charge in [0.25, 0.3) is 0 Å². The Morgan fingerprint density at radius 3 is 2.04 bits per heavy atom. The molecule has 0 amide bonds. The minimum absolute atomic E-state index is 0.0678. The molecule has 0 saturated carbocycles. The molecule has 2 aromatic carbocycles. The zero-order chi connectivity index (χ0) is 20.5. The van der Waals surface area contributed by atoms with Gasteiger partial charge in [-0.25, -0.2) is 0 Å². The van der Waals surface area contributed by atoms with Crippen LogP contribution in [0.3, 0.4) is 0 Å². The smallest absolute Gasteiger partial charge is 0.497 e. The van der Waals surface area contributed by atoms with Crippen LogP contribution in [0.5, 0.6) is 17.2 Å². The van der Waals surface area contributed by atoms with Crippen molar-refractivity contribution < 1.29 is 41.4 Å². The summed E-state index contributed by atoms with van der Waals surface area (Å²) >= 11 is 0. The molecular weight excluding hydrogens is 384 g/mol. The van der Waals surface area contributed by atoms with E-state index in [0.717, 1.165) is 18.2 Å². The molecule has 28 heavy (non-hydrogen) atoms. The number of fused-ring (bicyclic) bond motifs is 1. The van der Waals surface area contributed by atoms with Crippen LogP contribution in [0.2, 0.25) is 0 Å². The summed E-state index contributed by atoms with van der Waals surface area (Å²) in [6.07, 6.45) is -10.0. The van der Waals surface area contributed by atoms with E-state index in [-0.39, 0.29) is 24.2 Å². The van der Waals surface area contributed by atoms with Crippen LogP contribution < -0.4 is 14.2 Å². The van der Waals surface area contributed by atoms with Gasteiger partial charge in [-0.3, -0.25) is 9.59 Å². The molecule has 1 aliphatic heterocycles. The van der Waals surface area contributed by atoms with Gasteiger partial charge in [0.05, 0.1) is 7.11 Å². The Kier molecular flexibility index (Phi) is 5.01. The van der Waals surface area contributed by atoms with Gasteiger partial charge in [0, 0.05) is 24.0 Å². The molecule has 0 aliphatic carbocycles. The standard InChI is InChI=1S/C19H14F4O5/c1-26-13-4-2-3-11(9-13)14(24)6-7-15(25)12-5-8-16-17(10-12)28-19(22,23)18(20,21)27-16/h2-5,8-10H,6-7H2,1H3. The number of alkyl halides is 4. The van der Waals surface area contributed by atoms with Gasteiger partial charge in [0.1, 0.15) is 5.75 Å². The van der Waals surface area contributed by atoms with Crippen molar-refractivity contribution in [1.29, 1.82) is 0 Å². The number of Topliss-reactive ketones (excluding diaryl/α,β-unsaturated/α-hetero) is 2. The Hall–Kier alpha value is -3.10. The quantitative estimate of drug-likeness (QED) is 0.530. The molecule has 0 radical (unpaired) electrons. The molecule has 0 aromatic heterocycles. The highest BCUT2D eigenvalue weighted by molar-refractivity contribution is 6.02. The third kappa shape index (κ3) is 3.78. The monoisotopic (exact) mass is 398 g/mol. The molecule has 1 heterocycles. The van der Waals surface area contributed by atoms with E-state index < -0.39 is 29.5 Å². The normalized spacial score (nSPS) is 16.3. The van der Waals surface area contributed by atoms with E-state index in [0.29, 0.717) is 11.3 Å². The number of carbonyl (C=O) groups excluding carboxylic acids is 2. The van der Waals surface area contributed by atoms with Gasteiger partial charge >= 0.3 is 12.2 Å². The number of hydrogen-bond acceptors (Lipinski definition) is 5. The zero-order valence-corrected chi connectivity index (χ0v) is 14.5. The van der Waals surface area contributed by atoms with Crippen LogP contribution in [-0.2, 0) is 0 Å². The van der Waals surface area contributed by atoms with Gasteiger partial charge in [0.15, 0.2) is 23.1 Å². The lowest BCUT2D eigenvalue weighted by atomic mass is 10.0. The number of methoxy groups -OCH3 is 1. The van der Waals surface area contributed by atoms with Crippen molar-refractivity contribution in [3.63, 3.8) is 0 Å². The summed E-state index contributed by atoms with van der Waals surface area (Å²) in [7, 11) is 1.45. The van der Waals surface area contributed by atoms with Gasteiger partial charge in [-0.2, -0.15) is 17.6 Å². The molecule has 2 aromatic rings. The molecule has 3 rings (SSSR count). The Morgan fingerprint density at radius 1 is 0.857 bits per heavy atom. The van der Waals surface area contributed by atoms with Crippen molar-refractivity contribution in [2.24, 2.45) is 0 Å². The van der Waals surface area contributed by atoms with Gasteiger partial charge < -0.3 is 14.2 Å². The fourth-order valence-corrected chi connectivity index (χ4v) is 2.55. The first-order chi connectivity index (χ1) is 13.1. The van der Waals surface area contributed by atoms with Gasteiger partial charge in [-0.05, 0) is 30.3 Å². The fourth-order valence-electron chi connectivity index (χ4n) is 2.55. The van der Waals surface area contributed by atoms with Crippen LogP contribution in [0.15, 0.2) is 42.5 Å². The summed E-state index contributed by atoms with van der Waals surface area (Å²) in [5.41, 5.74) is 0.290. The number of rotatable bonds is 6. The predicted molar refractivity (Wildman–Crippen MR) is 88.5 cm³/mol. The van der Waals surface area contributed by atoms with E-state index in [4.69, 9.17) is 4.74 Å². The van der Waals surface area contributed by atoms with Crippen molar-refractivity contribution in [3.05, 3.63) is 53.6 Å². The zero-order valence-electron chi connectivity index (χ0n) is 14.5. The van der Waals surface area contributed by atoms with E-state index in [1.165, 1.54) is 13.2 Å². The Labute approximate surface area is 156 Å². The van der Waals surface area contributed by atoms with Crippen LogP contribution in [0.1, 0.15) is 33.6 Å². The van der Waals surface area contributed by atoms with Crippen LogP contribution in [0, 0.1) is 0 Å². The van der Waals surface area contributed by atoms with Crippen LogP contribution in [-0.4, -0.2) is 30.9 Å². The van der Waals surface area contributed by atoms with Crippen molar-refractivity contribution in [1.82, 2.24) is 0 Å². The first-order valence-electron chi connectivity index (χ1n) is 8.11. The number of hydrogen-bond donors (Lipinski definition) is 0. The molecule has 0 fully saturated rings. The summed E-state index contributed by atoms with van der Waals surface area (Å²) < 4.78 is 65.8. The fraction of sp³-hybridized carbons (Fsp3) is 0.263. The SMILES string of the molecule is COc1cccc(C(=O)CCC(=O)c2ccc3c(c2)OC(F)(F)C(F)(F)O3)c1. The molecule has 148 valence electrons. The van der Waals surface area contributed by atoms with Crippen molar-refractivity contribution >= 4 is 11.6 Å². The maximum absolute atomic E-state index is 13.3. The summed E-state index contributed by atoms with van der Waals surface area (Å²) in [6, 6.07) is 9.36. The van der Waals surface area contributed by atoms with Crippen LogP contribution >= 0.6 is 0 Å². The van der Waals surface area contributed by atoms with Crippen molar-refractivity contribution in [2.45, 2.75) is 25.1 Å². The van der Waals surface area contributed by atoms with E-state index in [2.05, 4.69) is 9.47 Å². The van der Waals surface area contributed by atoms with Crippen molar-refractivity contribution in [3.8, 4) is 17.2 Å². The van der Waals surface area contributed by atoms with Gasteiger partial charge in [0.2, 0.25) is 0 Å². The lowest BCUT2D eigenvalue weighted by Crippen LogP contribution is -2.52. The minimum Gasteiger partial charge on any atom is -0.497 e. The first-order valence-corrected chi connectivity index (χ1v) is 8.11. The molecule has 0 spiro atoms. The largest absolute Gasteiger partial charge is 0.507 e. The molecule has 0 atom stereocenters. The maximum atomic E-state index is 13.3. The second kappa shape index (κ2) is 7.14. The molecule has 0 saturated heterocycles. The average Bonchev–Trinajstić information content (AvgIpc) is 2.65. The Balaban J connectivity index is 1.69. The summed E-state index contributed by atoms with van der Waals surface area (Å²) in [4.78, 5) is 24.5. The second-order valence-electron chi connectivity index (χ2n) is 5.98. The van der Waals surface area contributed by atoms with E-state index in [1.807, 2.05) is 0 Å². The highest BCUT2D eigenvalue weighted by atomic mass is 19.3. The molecule has 0 unspecified atom stereocenters. The lowest BCUT2D eigenvalue weighted by Gasteiger charge is -2.31. The van der Waals surface area contributed by atoms with Gasteiger partial charge in [-0.1, -0.05) is 12.1 Å². The summed E-state index contributed by atoms with van der Waals surface area (Å²) in [5.74, 6) is -1.65. The number of halogens is 4.